The minimum atomic E-state index is -0.883. The van der Waals surface area contributed by atoms with Crippen LogP contribution in [-0.4, -0.2) is 30.0 Å². The lowest BCUT2D eigenvalue weighted by Crippen LogP contribution is -2.27. The highest BCUT2D eigenvalue weighted by atomic mass is 32.1. The minimum absolute atomic E-state index is 0.229. The number of aromatic nitrogens is 1. The third kappa shape index (κ3) is 4.48. The second-order valence-corrected chi connectivity index (χ2v) is 4.23. The van der Waals surface area contributed by atoms with Crippen molar-refractivity contribution < 1.29 is 19.1 Å². The molecule has 1 unspecified atom stereocenters. The van der Waals surface area contributed by atoms with E-state index < -0.39 is 11.9 Å². The van der Waals surface area contributed by atoms with Crippen molar-refractivity contribution in [3.05, 3.63) is 30.7 Å². The van der Waals surface area contributed by atoms with Crippen LogP contribution in [0.4, 0.5) is 0 Å². The van der Waals surface area contributed by atoms with E-state index in [-0.39, 0.29) is 25.4 Å². The van der Waals surface area contributed by atoms with Crippen molar-refractivity contribution in [3.8, 4) is 0 Å². The van der Waals surface area contributed by atoms with Crippen molar-refractivity contribution in [1.82, 2.24) is 4.98 Å². The van der Waals surface area contributed by atoms with Crippen molar-refractivity contribution in [1.29, 1.82) is 0 Å². The van der Waals surface area contributed by atoms with E-state index in [1.807, 2.05) is 0 Å². The Morgan fingerprint density at radius 2 is 2.26 bits per heavy atom. The number of aromatic amines is 1. The fraction of sp³-hybridized carbons (Fsp3) is 0.385. The van der Waals surface area contributed by atoms with E-state index >= 15 is 0 Å². The van der Waals surface area contributed by atoms with Crippen LogP contribution in [0.2, 0.25) is 0 Å². The predicted molar refractivity (Wildman–Crippen MR) is 73.3 cm³/mol. The quantitative estimate of drug-likeness (QED) is 0.192. The lowest BCUT2D eigenvalue weighted by molar-refractivity contribution is -0.146. The molecule has 0 aliphatic heterocycles. The van der Waals surface area contributed by atoms with Crippen LogP contribution in [0.3, 0.4) is 0 Å². The van der Waals surface area contributed by atoms with Crippen molar-refractivity contribution in [2.45, 2.75) is 18.4 Å². The maximum Gasteiger partial charge on any atom is 0.317 e. The average Bonchev–Trinajstić information content (AvgIpc) is 2.81. The first-order valence-corrected chi connectivity index (χ1v) is 6.36. The van der Waals surface area contributed by atoms with Crippen LogP contribution in [-0.2, 0) is 14.3 Å². The molecular formula is C13H17NO4S. The zero-order valence-electron chi connectivity index (χ0n) is 10.7. The molecule has 1 aromatic heterocycles. The number of esters is 1. The fourth-order valence-corrected chi connectivity index (χ4v) is 1.78. The van der Waals surface area contributed by atoms with E-state index in [1.165, 1.54) is 6.26 Å². The topological polar surface area (TPSA) is 68.4 Å². The minimum Gasteiger partial charge on any atom is -0.502 e. The third-order valence-corrected chi connectivity index (χ3v) is 2.73. The molecule has 0 saturated heterocycles. The first-order chi connectivity index (χ1) is 9.10. The fourth-order valence-electron chi connectivity index (χ4n) is 1.58. The summed E-state index contributed by atoms with van der Waals surface area (Å²) < 4.78 is 9.87. The maximum atomic E-state index is 12.2. The molecule has 0 aliphatic carbocycles. The number of ketones is 1. The third-order valence-electron chi connectivity index (χ3n) is 2.47. The van der Waals surface area contributed by atoms with Gasteiger partial charge in [0.2, 0.25) is 0 Å². The summed E-state index contributed by atoms with van der Waals surface area (Å²) in [4.78, 5) is 26.8. The zero-order chi connectivity index (χ0) is 14.3. The number of hydrogen-bond donors (Lipinski definition) is 2. The van der Waals surface area contributed by atoms with Crippen LogP contribution in [0, 0.1) is 5.92 Å². The Kier molecular flexibility index (Phi) is 6.21. The van der Waals surface area contributed by atoms with E-state index in [0.29, 0.717) is 10.7 Å². The Morgan fingerprint density at radius 1 is 1.53 bits per heavy atom. The van der Waals surface area contributed by atoms with Crippen molar-refractivity contribution in [2.24, 2.45) is 5.92 Å². The summed E-state index contributed by atoms with van der Waals surface area (Å²) in [7, 11) is 0. The summed E-state index contributed by atoms with van der Waals surface area (Å²) in [6.07, 6.45) is 1.51. The summed E-state index contributed by atoms with van der Waals surface area (Å²) in [5.74, 6) is -1.76. The largest absolute Gasteiger partial charge is 0.502 e. The van der Waals surface area contributed by atoms with Gasteiger partial charge in [0.05, 0.1) is 30.2 Å². The van der Waals surface area contributed by atoms with E-state index in [9.17, 15) is 9.59 Å². The second-order valence-electron chi connectivity index (χ2n) is 3.75. The predicted octanol–water partition coefficient (Wildman–Crippen LogP) is 2.22. The summed E-state index contributed by atoms with van der Waals surface area (Å²) in [5, 5.41) is 0.563. The van der Waals surface area contributed by atoms with Crippen LogP contribution in [0.25, 0.3) is 0 Å². The normalized spacial score (nSPS) is 11.7. The molecule has 0 amide bonds. The Labute approximate surface area is 117 Å². The van der Waals surface area contributed by atoms with Crippen molar-refractivity contribution in [3.63, 3.8) is 0 Å². The molecule has 19 heavy (non-hydrogen) atoms. The van der Waals surface area contributed by atoms with Crippen LogP contribution in [0.5, 0.6) is 0 Å². The van der Waals surface area contributed by atoms with Crippen molar-refractivity contribution >= 4 is 24.4 Å². The van der Waals surface area contributed by atoms with Gasteiger partial charge in [-0.2, -0.15) is 0 Å². The summed E-state index contributed by atoms with van der Waals surface area (Å²) >= 11 is 4.09. The highest BCUT2D eigenvalue weighted by Crippen LogP contribution is 2.16. The molecular weight excluding hydrogens is 266 g/mol. The van der Waals surface area contributed by atoms with Gasteiger partial charge >= 0.3 is 5.97 Å². The highest BCUT2D eigenvalue weighted by molar-refractivity contribution is 7.80. The monoisotopic (exact) mass is 283 g/mol. The van der Waals surface area contributed by atoms with Gasteiger partial charge in [0.25, 0.3) is 0 Å². The standard InChI is InChI=1S/C13H17NO4S/c1-3-17-8-7-9(13(16)18-4-2)12(15)10-5-6-11(19)14-10/h3,5-6,9,14,19H,1,4,7-8H2,2H3. The number of carbonyl (C=O) groups excluding carboxylic acids is 2. The number of ether oxygens (including phenoxy) is 2. The Balaban J connectivity index is 2.79. The second kappa shape index (κ2) is 7.68. The van der Waals surface area contributed by atoms with Gasteiger partial charge in [-0.25, -0.2) is 0 Å². The molecule has 0 aromatic carbocycles. The number of thiol groups is 1. The molecule has 0 fully saturated rings. The first-order valence-electron chi connectivity index (χ1n) is 5.91. The Bertz CT molecular complexity index is 455. The smallest absolute Gasteiger partial charge is 0.317 e. The molecule has 0 bridgehead atoms. The number of carbonyl (C=O) groups is 2. The van der Waals surface area contributed by atoms with E-state index in [1.54, 1.807) is 19.1 Å². The number of H-pyrrole nitrogens is 1. The molecule has 0 saturated carbocycles. The highest BCUT2D eigenvalue weighted by Gasteiger charge is 2.29. The van der Waals surface area contributed by atoms with E-state index in [0.717, 1.165) is 0 Å². The zero-order valence-corrected chi connectivity index (χ0v) is 11.6. The van der Waals surface area contributed by atoms with Gasteiger partial charge in [0, 0.05) is 6.42 Å². The molecule has 1 aromatic rings. The first kappa shape index (κ1) is 15.4. The molecule has 1 N–H and O–H groups in total. The van der Waals surface area contributed by atoms with E-state index in [4.69, 9.17) is 9.47 Å². The molecule has 0 aliphatic rings. The SMILES string of the molecule is C=COCCC(C(=O)OCC)C(=O)c1ccc(S)[nH]1. The Morgan fingerprint density at radius 3 is 2.79 bits per heavy atom. The average molecular weight is 283 g/mol. The molecule has 1 rings (SSSR count). The van der Waals surface area contributed by atoms with Gasteiger partial charge < -0.3 is 14.5 Å². The molecule has 1 atom stereocenters. The molecule has 0 radical (unpaired) electrons. The number of Topliss-reactive ketones (excluding diaryl/α,β-unsaturated/α-hetero) is 1. The van der Waals surface area contributed by atoms with E-state index in [2.05, 4.69) is 24.2 Å². The van der Waals surface area contributed by atoms with Gasteiger partial charge in [-0.05, 0) is 19.1 Å². The van der Waals surface area contributed by atoms with Gasteiger partial charge in [0.15, 0.2) is 5.78 Å². The van der Waals surface area contributed by atoms with Crippen molar-refractivity contribution in [2.75, 3.05) is 13.2 Å². The molecule has 5 nitrogen and oxygen atoms in total. The lowest BCUT2D eigenvalue weighted by atomic mass is 9.98. The van der Waals surface area contributed by atoms with Crippen LogP contribution in [0.1, 0.15) is 23.8 Å². The molecule has 6 heteroatoms. The maximum absolute atomic E-state index is 12.2. The van der Waals surface area contributed by atoms with Gasteiger partial charge in [-0.15, -0.1) is 12.6 Å². The van der Waals surface area contributed by atoms with Gasteiger partial charge in [0.1, 0.15) is 5.92 Å². The van der Waals surface area contributed by atoms with Crippen LogP contribution >= 0.6 is 12.6 Å². The lowest BCUT2D eigenvalue weighted by Gasteiger charge is -2.13. The van der Waals surface area contributed by atoms with Gasteiger partial charge in [-0.1, -0.05) is 6.58 Å². The molecule has 0 spiro atoms. The summed E-state index contributed by atoms with van der Waals surface area (Å²) in [6.45, 7) is 5.56. The number of rotatable bonds is 8. The van der Waals surface area contributed by atoms with Gasteiger partial charge in [-0.3, -0.25) is 9.59 Å². The summed E-state index contributed by atoms with van der Waals surface area (Å²) in [5.41, 5.74) is 0.335. The summed E-state index contributed by atoms with van der Waals surface area (Å²) in [6, 6.07) is 3.24. The Hall–Kier alpha value is -1.69. The number of nitrogens with one attached hydrogen (secondary N) is 1. The number of hydrogen-bond acceptors (Lipinski definition) is 5. The van der Waals surface area contributed by atoms with Crippen LogP contribution in [0.15, 0.2) is 30.0 Å². The molecule has 104 valence electrons. The van der Waals surface area contributed by atoms with Crippen LogP contribution < -0.4 is 0 Å². The molecule has 1 heterocycles.